The van der Waals surface area contributed by atoms with Crippen molar-refractivity contribution < 1.29 is 63.3 Å². The van der Waals surface area contributed by atoms with Gasteiger partial charge in [-0.3, -0.25) is 47.9 Å². The Morgan fingerprint density at radius 1 is 0.608 bits per heavy atom. The van der Waals surface area contributed by atoms with Crippen LogP contribution in [0.1, 0.15) is 85.1 Å². The molecule has 1 aliphatic rings. The lowest BCUT2D eigenvalue weighted by atomic mass is 10.00. The number of benzene rings is 1. The number of amides is 10. The molecule has 21 N–H and O–H groups in total. The number of carbonyl (C=O) groups excluding carboxylic acids is 10. The minimum Gasteiger partial charge on any atom is -0.393 e. The average molecular weight is 1050 g/mol. The summed E-state index contributed by atoms with van der Waals surface area (Å²) < 4.78 is 0. The van der Waals surface area contributed by atoms with Crippen LogP contribution in [0, 0.1) is 5.92 Å². The molecule has 0 saturated carbocycles. The molecule has 416 valence electrons. The third kappa shape index (κ3) is 22.0. The van der Waals surface area contributed by atoms with Crippen LogP contribution in [0.4, 0.5) is 0 Å². The molecule has 1 aromatic rings. The molecule has 0 aliphatic carbocycles. The van der Waals surface area contributed by atoms with E-state index in [1.807, 2.05) is 0 Å². The first kappa shape index (κ1) is 63.8. The molecule has 1 saturated heterocycles. The second kappa shape index (κ2) is 32.7. The molecule has 0 aromatic heterocycles. The maximum Gasteiger partial charge on any atom is 0.245 e. The smallest absolute Gasteiger partial charge is 0.245 e. The van der Waals surface area contributed by atoms with E-state index in [0.717, 1.165) is 0 Å². The Bertz CT molecular complexity index is 2030. The minimum absolute atomic E-state index is 0.0536. The topological polar surface area (TPSA) is 456 Å². The first-order valence-electron chi connectivity index (χ1n) is 24.8. The molecule has 0 bridgehead atoms. The number of carbonyl (C=O) groups is 10. The number of hydrogen-bond acceptors (Lipinski definition) is 17. The van der Waals surface area contributed by atoms with Gasteiger partial charge in [-0.05, 0) is 97.0 Å². The Balaban J connectivity index is 2.74. The number of nitrogens with one attached hydrogen (secondary N) is 10. The van der Waals surface area contributed by atoms with Crippen molar-refractivity contribution in [2.24, 2.45) is 28.9 Å². The van der Waals surface area contributed by atoms with Crippen LogP contribution >= 0.6 is 0 Å². The van der Waals surface area contributed by atoms with Crippen LogP contribution in [0.25, 0.3) is 0 Å². The highest BCUT2D eigenvalue weighted by Gasteiger charge is 2.37. The largest absolute Gasteiger partial charge is 0.393 e. The molecular weight excluding hydrogens is 969 g/mol. The summed E-state index contributed by atoms with van der Waals surface area (Å²) >= 11 is 0. The summed E-state index contributed by atoms with van der Waals surface area (Å²) in [5.74, 6) is -9.35. The predicted octanol–water partition coefficient (Wildman–Crippen LogP) is -6.91. The van der Waals surface area contributed by atoms with Gasteiger partial charge < -0.3 is 91.4 Å². The van der Waals surface area contributed by atoms with Crippen LogP contribution in [-0.4, -0.2) is 180 Å². The molecule has 3 unspecified atom stereocenters. The minimum atomic E-state index is -1.67. The van der Waals surface area contributed by atoms with Crippen LogP contribution in [0.5, 0.6) is 0 Å². The van der Waals surface area contributed by atoms with Gasteiger partial charge in [0, 0.05) is 13.0 Å². The van der Waals surface area contributed by atoms with Gasteiger partial charge in [0.05, 0.1) is 24.7 Å². The summed E-state index contributed by atoms with van der Waals surface area (Å²) in [5.41, 5.74) is 23.9. The van der Waals surface area contributed by atoms with Gasteiger partial charge in [-0.15, -0.1) is 0 Å². The summed E-state index contributed by atoms with van der Waals surface area (Å²) in [6.45, 7) is 6.24. The van der Waals surface area contributed by atoms with E-state index < -0.39 is 151 Å². The third-order valence-corrected chi connectivity index (χ3v) is 11.6. The van der Waals surface area contributed by atoms with E-state index in [0.29, 0.717) is 5.56 Å². The molecule has 0 radical (unpaired) electrons. The maximum absolute atomic E-state index is 14.3. The summed E-state index contributed by atoms with van der Waals surface area (Å²) in [4.78, 5) is 138. The molecule has 1 fully saturated rings. The van der Waals surface area contributed by atoms with Crippen LogP contribution in [0.15, 0.2) is 30.3 Å². The summed E-state index contributed by atoms with van der Waals surface area (Å²) in [7, 11) is 0. The number of aliphatic hydroxyl groups is 3. The monoisotopic (exact) mass is 1050 g/mol. The van der Waals surface area contributed by atoms with Gasteiger partial charge >= 0.3 is 0 Å². The van der Waals surface area contributed by atoms with Crippen molar-refractivity contribution in [3.63, 3.8) is 0 Å². The zero-order chi connectivity index (χ0) is 55.7. The van der Waals surface area contributed by atoms with Gasteiger partial charge in [-0.2, -0.15) is 0 Å². The Morgan fingerprint density at radius 2 is 1.09 bits per heavy atom. The summed E-state index contributed by atoms with van der Waals surface area (Å²) in [6.07, 6.45) is -5.78. The van der Waals surface area contributed by atoms with Gasteiger partial charge in [0.1, 0.15) is 54.4 Å². The Kier molecular flexibility index (Phi) is 28.2. The van der Waals surface area contributed by atoms with Crippen LogP contribution < -0.4 is 76.1 Å². The Hall–Kier alpha value is -6.36. The van der Waals surface area contributed by atoms with E-state index in [-0.39, 0.29) is 70.6 Å². The van der Waals surface area contributed by atoms with Gasteiger partial charge in [-0.25, -0.2) is 0 Å². The normalized spacial score (nSPS) is 24.2. The number of nitrogens with two attached hydrogens (primary N) is 4. The van der Waals surface area contributed by atoms with Gasteiger partial charge in [-0.1, -0.05) is 44.2 Å². The molecule has 10 amide bonds. The van der Waals surface area contributed by atoms with E-state index in [1.54, 1.807) is 44.2 Å². The molecule has 27 heteroatoms. The highest BCUT2D eigenvalue weighted by atomic mass is 16.3. The molecule has 1 aromatic carbocycles. The van der Waals surface area contributed by atoms with E-state index in [1.165, 1.54) is 20.8 Å². The highest BCUT2D eigenvalue weighted by molar-refractivity contribution is 5.99. The molecule has 27 nitrogen and oxygen atoms in total. The van der Waals surface area contributed by atoms with E-state index in [9.17, 15) is 63.3 Å². The SMILES string of the molecule is CC(C)C[C@@H]1NC(=O)[C@@H](Cc2ccccc2)NC(=O)[C@H](CCN)NC(=O)[C@@H](NC(=O)[C@H](CCN)NC(=O)[C@@H](NC(=O)CC(C)O)C(C)O)CCNC(=O)[C@H](C(C)O)NC(=O)[C@H](CCN)NC(=O)[C@H](CCN)NC1=O. The van der Waals surface area contributed by atoms with Crippen LogP contribution in [-0.2, 0) is 54.4 Å². The fraction of sp³-hybridized carbons (Fsp3) is 0.660. The summed E-state index contributed by atoms with van der Waals surface area (Å²) in [5, 5.41) is 55.8. The van der Waals surface area contributed by atoms with Crippen molar-refractivity contribution in [2.75, 3.05) is 32.7 Å². The number of hydrogen-bond donors (Lipinski definition) is 17. The lowest BCUT2D eigenvalue weighted by Crippen LogP contribution is -2.61. The molecular formula is C47H80N14O13. The molecule has 0 spiro atoms. The molecule has 12 atom stereocenters. The van der Waals surface area contributed by atoms with E-state index in [2.05, 4.69) is 53.2 Å². The summed E-state index contributed by atoms with van der Waals surface area (Å²) in [6, 6.07) is -4.77. The van der Waals surface area contributed by atoms with Crippen LogP contribution in [0.3, 0.4) is 0 Å². The van der Waals surface area contributed by atoms with Crippen molar-refractivity contribution in [1.29, 1.82) is 0 Å². The third-order valence-electron chi connectivity index (χ3n) is 11.6. The quantitative estimate of drug-likeness (QED) is 0.0544. The lowest BCUT2D eigenvalue weighted by Gasteiger charge is -2.28. The van der Waals surface area contributed by atoms with E-state index >= 15 is 0 Å². The number of rotatable bonds is 21. The predicted molar refractivity (Wildman–Crippen MR) is 269 cm³/mol. The average Bonchev–Trinajstić information content (AvgIpc) is 3.32. The fourth-order valence-corrected chi connectivity index (χ4v) is 7.68. The van der Waals surface area contributed by atoms with Crippen molar-refractivity contribution in [3.8, 4) is 0 Å². The molecule has 2 rings (SSSR count). The Morgan fingerprint density at radius 3 is 1.58 bits per heavy atom. The van der Waals surface area contributed by atoms with Crippen molar-refractivity contribution in [2.45, 2.75) is 159 Å². The molecule has 74 heavy (non-hydrogen) atoms. The Labute approximate surface area is 430 Å². The highest BCUT2D eigenvalue weighted by Crippen LogP contribution is 2.11. The van der Waals surface area contributed by atoms with Gasteiger partial charge in [0.25, 0.3) is 0 Å². The first-order chi connectivity index (χ1) is 35.0. The van der Waals surface area contributed by atoms with Crippen molar-refractivity contribution in [1.82, 2.24) is 53.2 Å². The maximum atomic E-state index is 14.3. The lowest BCUT2D eigenvalue weighted by molar-refractivity contribution is -0.136. The van der Waals surface area contributed by atoms with Crippen molar-refractivity contribution in [3.05, 3.63) is 35.9 Å². The molecule has 1 aliphatic heterocycles. The van der Waals surface area contributed by atoms with Crippen molar-refractivity contribution >= 4 is 59.1 Å². The van der Waals surface area contributed by atoms with Gasteiger partial charge in [0.2, 0.25) is 59.1 Å². The first-order valence-corrected chi connectivity index (χ1v) is 24.8. The zero-order valence-corrected chi connectivity index (χ0v) is 42.8. The van der Waals surface area contributed by atoms with Crippen LogP contribution in [0.2, 0.25) is 0 Å². The second-order valence-electron chi connectivity index (χ2n) is 18.7. The van der Waals surface area contributed by atoms with E-state index in [4.69, 9.17) is 22.9 Å². The number of aliphatic hydroxyl groups excluding tert-OH is 3. The molecule has 1 heterocycles. The fourth-order valence-electron chi connectivity index (χ4n) is 7.68. The second-order valence-corrected chi connectivity index (χ2v) is 18.7. The zero-order valence-electron chi connectivity index (χ0n) is 42.8. The standard InChI is InChI=1S/C47H80N14O13/c1-24(2)21-34-44(71)55-29(11-16-48)39(66)54-32(14-19-51)43(70)61-37(26(4)63)46(73)52-20-15-33(56-40(67)31(13-18-50)57-47(74)38(27(5)64)60-36(65)22-25(3)62)42(69)53-30(12-17-49)41(68)59-35(45(72)58-34)23-28-9-7-6-8-10-28/h6-10,24-27,29-35,37-38,62-64H,11-23,48-51H2,1-5H3,(H,52,73)(H,53,69)(H,54,66)(H,55,71)(H,56,67)(H,57,74)(H,58,72)(H,59,68)(H,60,65)(H,61,70)/t25?,26?,27?,29-,30-,31-,32-,33-,34-,35+,37-,38-/m0/s1. The van der Waals surface area contributed by atoms with Gasteiger partial charge in [0.15, 0.2) is 0 Å².